The van der Waals surface area contributed by atoms with Crippen LogP contribution in [0.15, 0.2) is 60.0 Å². The number of benzene rings is 2. The Morgan fingerprint density at radius 3 is 2.52 bits per heavy atom. The smallest absolute Gasteiger partial charge is 0.254 e. The van der Waals surface area contributed by atoms with Gasteiger partial charge >= 0.3 is 0 Å². The first kappa shape index (κ1) is 16.4. The molecule has 126 valence electrons. The van der Waals surface area contributed by atoms with Gasteiger partial charge in [0, 0.05) is 22.0 Å². The Balaban J connectivity index is 1.76. The van der Waals surface area contributed by atoms with Crippen LogP contribution in [0.1, 0.15) is 38.0 Å². The largest absolute Gasteiger partial charge is 0.327 e. The number of hydrogen-bond acceptors (Lipinski definition) is 2. The quantitative estimate of drug-likeness (QED) is 0.585. The van der Waals surface area contributed by atoms with E-state index in [4.69, 9.17) is 11.6 Å². The van der Waals surface area contributed by atoms with Crippen LogP contribution in [0.4, 0.5) is 0 Å². The Morgan fingerprint density at radius 2 is 1.80 bits per heavy atom. The van der Waals surface area contributed by atoms with Crippen molar-refractivity contribution >= 4 is 28.8 Å². The third-order valence-corrected chi connectivity index (χ3v) is 5.96. The molecule has 1 amide bonds. The maximum atomic E-state index is 13.2. The van der Waals surface area contributed by atoms with Crippen molar-refractivity contribution in [1.29, 1.82) is 0 Å². The van der Waals surface area contributed by atoms with Crippen molar-refractivity contribution in [3.05, 3.63) is 92.1 Å². The highest BCUT2D eigenvalue weighted by Gasteiger charge is 2.33. The summed E-state index contributed by atoms with van der Waals surface area (Å²) >= 11 is 7.75. The lowest BCUT2D eigenvalue weighted by molar-refractivity contribution is 0.0696. The molecular weight excluding hydrogens is 350 g/mol. The van der Waals surface area contributed by atoms with Gasteiger partial charge in [0.2, 0.25) is 0 Å². The molecule has 3 aromatic rings. The van der Waals surface area contributed by atoms with Crippen LogP contribution in [0.25, 0.3) is 0 Å². The first-order chi connectivity index (χ1) is 12.1. The van der Waals surface area contributed by atoms with Crippen LogP contribution in [0.3, 0.4) is 0 Å². The number of carbonyl (C=O) groups is 1. The lowest BCUT2D eigenvalue weighted by atomic mass is 9.92. The fourth-order valence-corrected chi connectivity index (χ4v) is 4.43. The monoisotopic (exact) mass is 367 g/mol. The van der Waals surface area contributed by atoms with Crippen molar-refractivity contribution in [3.8, 4) is 0 Å². The number of nitrogens with zero attached hydrogens (tertiary/aromatic N) is 1. The zero-order valence-corrected chi connectivity index (χ0v) is 15.5. The lowest BCUT2D eigenvalue weighted by Gasteiger charge is -2.36. The predicted octanol–water partition coefficient (Wildman–Crippen LogP) is 5.50. The molecule has 25 heavy (non-hydrogen) atoms. The van der Waals surface area contributed by atoms with Crippen molar-refractivity contribution in [2.75, 3.05) is 6.54 Å². The van der Waals surface area contributed by atoms with E-state index in [0.717, 1.165) is 18.5 Å². The lowest BCUT2D eigenvalue weighted by Crippen LogP contribution is -2.40. The molecule has 4 heteroatoms. The average Bonchev–Trinajstić information content (AvgIpc) is 3.10. The van der Waals surface area contributed by atoms with Gasteiger partial charge in [0.05, 0.1) is 6.04 Å². The second-order valence-corrected chi connectivity index (χ2v) is 7.80. The third-order valence-electron chi connectivity index (χ3n) is 4.71. The summed E-state index contributed by atoms with van der Waals surface area (Å²) in [5.41, 5.74) is 4.32. The van der Waals surface area contributed by atoms with Gasteiger partial charge in [0.1, 0.15) is 0 Å². The minimum absolute atomic E-state index is 0.0289. The maximum absolute atomic E-state index is 13.2. The van der Waals surface area contributed by atoms with Crippen LogP contribution < -0.4 is 0 Å². The molecule has 0 fully saturated rings. The van der Waals surface area contributed by atoms with Crippen molar-refractivity contribution < 1.29 is 4.79 Å². The molecule has 1 aliphatic rings. The number of amides is 1. The Labute approximate surface area is 156 Å². The summed E-state index contributed by atoms with van der Waals surface area (Å²) in [7, 11) is 0. The fraction of sp³-hybridized carbons (Fsp3) is 0.190. The molecule has 0 saturated carbocycles. The molecule has 4 rings (SSSR count). The van der Waals surface area contributed by atoms with Crippen molar-refractivity contribution in [2.45, 2.75) is 19.4 Å². The standard InChI is InChI=1S/C21H18ClNOS/c1-14-2-4-15(5-3-14)20-18-11-13-25-19(18)10-12-23(20)21(24)16-6-8-17(22)9-7-16/h2-9,11,13,20H,10,12H2,1H3/t20-/m0/s1. The van der Waals surface area contributed by atoms with Crippen molar-refractivity contribution in [3.63, 3.8) is 0 Å². The summed E-state index contributed by atoms with van der Waals surface area (Å²) in [6.45, 7) is 2.81. The molecule has 0 spiro atoms. The predicted molar refractivity (Wildman–Crippen MR) is 104 cm³/mol. The average molecular weight is 368 g/mol. The van der Waals surface area contributed by atoms with E-state index in [9.17, 15) is 4.79 Å². The summed E-state index contributed by atoms with van der Waals surface area (Å²) < 4.78 is 0. The van der Waals surface area contributed by atoms with Crippen LogP contribution in [-0.2, 0) is 6.42 Å². The van der Waals surface area contributed by atoms with Gasteiger partial charge in [-0.3, -0.25) is 4.79 Å². The Morgan fingerprint density at radius 1 is 1.08 bits per heavy atom. The zero-order valence-electron chi connectivity index (χ0n) is 13.9. The number of halogens is 1. The van der Waals surface area contributed by atoms with E-state index in [-0.39, 0.29) is 11.9 Å². The van der Waals surface area contributed by atoms with E-state index >= 15 is 0 Å². The second kappa shape index (κ2) is 6.66. The second-order valence-electron chi connectivity index (χ2n) is 6.37. The van der Waals surface area contributed by atoms with Gasteiger partial charge in [-0.05, 0) is 60.2 Å². The van der Waals surface area contributed by atoms with Gasteiger partial charge in [-0.2, -0.15) is 0 Å². The van der Waals surface area contributed by atoms with Crippen LogP contribution in [0.5, 0.6) is 0 Å². The molecule has 2 nitrogen and oxygen atoms in total. The summed E-state index contributed by atoms with van der Waals surface area (Å²) in [6.07, 6.45) is 0.911. The van der Waals surface area contributed by atoms with Crippen LogP contribution in [0, 0.1) is 6.92 Å². The van der Waals surface area contributed by atoms with Gasteiger partial charge < -0.3 is 4.90 Å². The Kier molecular flexibility index (Phi) is 4.36. The van der Waals surface area contributed by atoms with E-state index in [0.29, 0.717) is 10.6 Å². The van der Waals surface area contributed by atoms with E-state index in [1.807, 2.05) is 4.90 Å². The molecule has 1 atom stereocenters. The van der Waals surface area contributed by atoms with E-state index < -0.39 is 0 Å². The minimum Gasteiger partial charge on any atom is -0.327 e. The van der Waals surface area contributed by atoms with Crippen molar-refractivity contribution in [1.82, 2.24) is 4.90 Å². The summed E-state index contributed by atoms with van der Waals surface area (Å²) in [4.78, 5) is 16.5. The number of hydrogen-bond donors (Lipinski definition) is 0. The number of fused-ring (bicyclic) bond motifs is 1. The third kappa shape index (κ3) is 3.10. The molecule has 1 aromatic heterocycles. The molecule has 1 aliphatic heterocycles. The molecule has 2 aromatic carbocycles. The Hall–Kier alpha value is -2.10. The fourth-order valence-electron chi connectivity index (χ4n) is 3.40. The van der Waals surface area contributed by atoms with Crippen LogP contribution in [0.2, 0.25) is 5.02 Å². The highest BCUT2D eigenvalue weighted by Crippen LogP contribution is 2.38. The van der Waals surface area contributed by atoms with E-state index in [1.54, 1.807) is 35.6 Å². The van der Waals surface area contributed by atoms with Crippen LogP contribution >= 0.6 is 22.9 Å². The minimum atomic E-state index is -0.0289. The molecule has 0 bridgehead atoms. The van der Waals surface area contributed by atoms with Gasteiger partial charge in [-0.25, -0.2) is 0 Å². The molecule has 0 aliphatic carbocycles. The van der Waals surface area contributed by atoms with Gasteiger partial charge in [-0.15, -0.1) is 11.3 Å². The van der Waals surface area contributed by atoms with E-state index in [1.165, 1.54) is 16.0 Å². The van der Waals surface area contributed by atoms with E-state index in [2.05, 4.69) is 42.6 Å². The maximum Gasteiger partial charge on any atom is 0.254 e. The molecule has 0 unspecified atom stereocenters. The Bertz CT molecular complexity index is 898. The summed E-state index contributed by atoms with van der Waals surface area (Å²) in [5, 5.41) is 2.77. The number of rotatable bonds is 2. The van der Waals surface area contributed by atoms with Gasteiger partial charge in [-0.1, -0.05) is 41.4 Å². The summed E-state index contributed by atoms with van der Waals surface area (Å²) in [6, 6.07) is 17.8. The molecule has 0 N–H and O–H groups in total. The molecular formula is C21H18ClNOS. The van der Waals surface area contributed by atoms with Gasteiger partial charge in [0.25, 0.3) is 5.91 Å². The number of aryl methyl sites for hydroxylation is 1. The number of thiophene rings is 1. The molecule has 0 saturated heterocycles. The SMILES string of the molecule is Cc1ccc([C@H]2c3ccsc3CCN2C(=O)c2ccc(Cl)cc2)cc1. The van der Waals surface area contributed by atoms with Crippen molar-refractivity contribution in [2.24, 2.45) is 0 Å². The first-order valence-electron chi connectivity index (χ1n) is 8.33. The zero-order chi connectivity index (χ0) is 17.4. The number of carbonyl (C=O) groups excluding carboxylic acids is 1. The normalized spacial score (nSPS) is 16.6. The molecule has 0 radical (unpaired) electrons. The highest BCUT2D eigenvalue weighted by molar-refractivity contribution is 7.10. The first-order valence-corrected chi connectivity index (χ1v) is 9.58. The topological polar surface area (TPSA) is 20.3 Å². The molecule has 2 heterocycles. The van der Waals surface area contributed by atoms with Gasteiger partial charge in [0.15, 0.2) is 0 Å². The highest BCUT2D eigenvalue weighted by atomic mass is 35.5. The van der Waals surface area contributed by atoms with Crippen LogP contribution in [-0.4, -0.2) is 17.4 Å². The summed E-state index contributed by atoms with van der Waals surface area (Å²) in [5.74, 6) is 0.0547.